The minimum absolute atomic E-state index is 0.0810. The summed E-state index contributed by atoms with van der Waals surface area (Å²) in [6.07, 6.45) is 0. The Kier molecular flexibility index (Phi) is 2.83. The minimum atomic E-state index is -0.0810. The molecule has 0 fully saturated rings. The molecule has 0 radical (unpaired) electrons. The molecule has 0 unspecified atom stereocenters. The number of rotatable bonds is 2. The molecule has 0 amide bonds. The number of nitrogens with zero attached hydrogens (tertiary/aromatic N) is 3. The van der Waals surface area contributed by atoms with Crippen LogP contribution in [-0.4, -0.2) is 20.1 Å². The normalized spacial score (nSPS) is 10.6. The first kappa shape index (κ1) is 10.3. The van der Waals surface area contributed by atoms with Crippen molar-refractivity contribution < 1.29 is 5.11 Å². The molecule has 2 aromatic rings. The summed E-state index contributed by atoms with van der Waals surface area (Å²) in [7, 11) is 0. The second-order valence-corrected chi connectivity index (χ2v) is 4.08. The smallest absolute Gasteiger partial charge is 0.111 e. The second-order valence-electron chi connectivity index (χ2n) is 3.17. The molecule has 0 aliphatic rings. The molecule has 0 bridgehead atoms. The van der Waals surface area contributed by atoms with Gasteiger partial charge in [-0.15, -0.1) is 5.10 Å². The molecule has 15 heavy (non-hydrogen) atoms. The van der Waals surface area contributed by atoms with Gasteiger partial charge in [-0.25, -0.2) is 4.68 Å². The highest BCUT2D eigenvalue weighted by Gasteiger charge is 2.08. The summed E-state index contributed by atoms with van der Waals surface area (Å²) in [5.41, 5.74) is 2.40. The number of aliphatic hydroxyl groups excluding tert-OH is 1. The first-order chi connectivity index (χ1) is 7.22. The van der Waals surface area contributed by atoms with Crippen LogP contribution in [-0.2, 0) is 6.61 Å². The van der Waals surface area contributed by atoms with Crippen LogP contribution < -0.4 is 0 Å². The maximum atomic E-state index is 9.00. The van der Waals surface area contributed by atoms with Crippen LogP contribution in [0.3, 0.4) is 0 Å². The molecule has 1 heterocycles. The van der Waals surface area contributed by atoms with Crippen molar-refractivity contribution >= 4 is 15.9 Å². The monoisotopic (exact) mass is 267 g/mol. The van der Waals surface area contributed by atoms with Gasteiger partial charge in [0, 0.05) is 4.47 Å². The summed E-state index contributed by atoms with van der Waals surface area (Å²) in [6, 6.07) is 7.75. The van der Waals surface area contributed by atoms with Crippen LogP contribution in [0.4, 0.5) is 0 Å². The molecular weight excluding hydrogens is 258 g/mol. The highest BCUT2D eigenvalue weighted by Crippen LogP contribution is 2.15. The van der Waals surface area contributed by atoms with Crippen molar-refractivity contribution in [2.75, 3.05) is 0 Å². The fourth-order valence-electron chi connectivity index (χ4n) is 1.33. The molecule has 0 spiro atoms. The van der Waals surface area contributed by atoms with Gasteiger partial charge in [0.1, 0.15) is 5.69 Å². The molecule has 0 aliphatic heterocycles. The van der Waals surface area contributed by atoms with E-state index in [1.807, 2.05) is 31.2 Å². The van der Waals surface area contributed by atoms with Crippen molar-refractivity contribution in [1.82, 2.24) is 15.0 Å². The Bertz CT molecular complexity index is 464. The quantitative estimate of drug-likeness (QED) is 0.904. The Morgan fingerprint density at radius 3 is 2.53 bits per heavy atom. The average Bonchev–Trinajstić information content (AvgIpc) is 2.61. The Morgan fingerprint density at radius 1 is 1.33 bits per heavy atom. The molecule has 1 N–H and O–H groups in total. The highest BCUT2D eigenvalue weighted by atomic mass is 79.9. The lowest BCUT2D eigenvalue weighted by Gasteiger charge is -2.02. The van der Waals surface area contributed by atoms with Crippen LogP contribution in [0.1, 0.15) is 11.4 Å². The van der Waals surface area contributed by atoms with E-state index in [1.165, 1.54) is 0 Å². The van der Waals surface area contributed by atoms with Crippen molar-refractivity contribution in [3.05, 3.63) is 40.1 Å². The fraction of sp³-hybridized carbons (Fsp3) is 0.200. The molecule has 1 aromatic carbocycles. The lowest BCUT2D eigenvalue weighted by molar-refractivity contribution is 0.276. The zero-order valence-electron chi connectivity index (χ0n) is 8.18. The lowest BCUT2D eigenvalue weighted by atomic mass is 10.3. The van der Waals surface area contributed by atoms with E-state index in [-0.39, 0.29) is 6.61 Å². The number of aromatic nitrogens is 3. The van der Waals surface area contributed by atoms with Gasteiger partial charge in [-0.05, 0) is 31.2 Å². The second kappa shape index (κ2) is 4.12. The van der Waals surface area contributed by atoms with Crippen LogP contribution in [0.25, 0.3) is 5.69 Å². The average molecular weight is 268 g/mol. The summed E-state index contributed by atoms with van der Waals surface area (Å²) < 4.78 is 2.73. The van der Waals surface area contributed by atoms with Crippen molar-refractivity contribution in [3.8, 4) is 5.69 Å². The van der Waals surface area contributed by atoms with E-state index in [9.17, 15) is 0 Å². The van der Waals surface area contributed by atoms with E-state index in [1.54, 1.807) is 4.68 Å². The summed E-state index contributed by atoms with van der Waals surface area (Å²) in [6.45, 7) is 1.80. The van der Waals surface area contributed by atoms with Crippen molar-refractivity contribution in [3.63, 3.8) is 0 Å². The maximum absolute atomic E-state index is 9.00. The van der Waals surface area contributed by atoms with E-state index in [4.69, 9.17) is 5.11 Å². The summed E-state index contributed by atoms with van der Waals surface area (Å²) in [4.78, 5) is 0. The Hall–Kier alpha value is -1.20. The molecule has 2 rings (SSSR count). The molecule has 78 valence electrons. The number of hydrogen-bond donors (Lipinski definition) is 1. The number of halogens is 1. The molecule has 5 heteroatoms. The standard InChI is InChI=1S/C10H10BrN3O/c1-7-10(6-15)12-13-14(7)9-4-2-8(11)3-5-9/h2-5,15H,6H2,1H3. The van der Waals surface area contributed by atoms with E-state index in [0.29, 0.717) is 5.69 Å². The highest BCUT2D eigenvalue weighted by molar-refractivity contribution is 9.10. The number of aliphatic hydroxyl groups is 1. The summed E-state index contributed by atoms with van der Waals surface area (Å²) in [5.74, 6) is 0. The van der Waals surface area contributed by atoms with Crippen molar-refractivity contribution in [2.45, 2.75) is 13.5 Å². The molecule has 0 aliphatic carbocycles. The zero-order valence-corrected chi connectivity index (χ0v) is 9.77. The third-order valence-corrected chi connectivity index (χ3v) is 2.74. The Balaban J connectivity index is 2.45. The zero-order chi connectivity index (χ0) is 10.8. The van der Waals surface area contributed by atoms with Crippen LogP contribution in [0.2, 0.25) is 0 Å². The molecule has 4 nitrogen and oxygen atoms in total. The molecule has 1 aromatic heterocycles. The predicted octanol–water partition coefficient (Wildman–Crippen LogP) is 1.83. The molecule has 0 saturated carbocycles. The van der Waals surface area contributed by atoms with E-state index < -0.39 is 0 Å². The van der Waals surface area contributed by atoms with Crippen LogP contribution in [0.5, 0.6) is 0 Å². The SMILES string of the molecule is Cc1c(CO)nnn1-c1ccc(Br)cc1. The minimum Gasteiger partial charge on any atom is -0.390 e. The van der Waals surface area contributed by atoms with Gasteiger partial charge in [-0.3, -0.25) is 0 Å². The van der Waals surface area contributed by atoms with Crippen molar-refractivity contribution in [2.24, 2.45) is 0 Å². The third-order valence-electron chi connectivity index (χ3n) is 2.21. The van der Waals surface area contributed by atoms with Crippen LogP contribution >= 0.6 is 15.9 Å². The van der Waals surface area contributed by atoms with Crippen molar-refractivity contribution in [1.29, 1.82) is 0 Å². The number of benzene rings is 1. The predicted molar refractivity (Wildman–Crippen MR) is 59.7 cm³/mol. The summed E-state index contributed by atoms with van der Waals surface area (Å²) in [5, 5.41) is 16.9. The lowest BCUT2D eigenvalue weighted by Crippen LogP contribution is -1.99. The third kappa shape index (κ3) is 1.93. The molecular formula is C10H10BrN3O. The van der Waals surface area contributed by atoms with Gasteiger partial charge in [0.05, 0.1) is 18.0 Å². The van der Waals surface area contributed by atoms with Gasteiger partial charge in [0.25, 0.3) is 0 Å². The first-order valence-electron chi connectivity index (χ1n) is 4.50. The maximum Gasteiger partial charge on any atom is 0.111 e. The van der Waals surface area contributed by atoms with Crippen LogP contribution in [0, 0.1) is 6.92 Å². The number of hydrogen-bond acceptors (Lipinski definition) is 3. The Labute approximate surface area is 95.7 Å². The van der Waals surface area contributed by atoms with Gasteiger partial charge >= 0.3 is 0 Å². The van der Waals surface area contributed by atoms with E-state index >= 15 is 0 Å². The largest absolute Gasteiger partial charge is 0.390 e. The van der Waals surface area contributed by atoms with Gasteiger partial charge in [0.15, 0.2) is 0 Å². The van der Waals surface area contributed by atoms with Crippen LogP contribution in [0.15, 0.2) is 28.7 Å². The van der Waals surface area contributed by atoms with E-state index in [2.05, 4.69) is 26.2 Å². The first-order valence-corrected chi connectivity index (χ1v) is 5.29. The van der Waals surface area contributed by atoms with Gasteiger partial charge in [0.2, 0.25) is 0 Å². The molecule has 0 atom stereocenters. The summed E-state index contributed by atoms with van der Waals surface area (Å²) >= 11 is 3.37. The van der Waals surface area contributed by atoms with E-state index in [0.717, 1.165) is 15.9 Å². The van der Waals surface area contributed by atoms with Gasteiger partial charge < -0.3 is 5.11 Å². The van der Waals surface area contributed by atoms with Gasteiger partial charge in [-0.2, -0.15) is 0 Å². The van der Waals surface area contributed by atoms with Gasteiger partial charge in [-0.1, -0.05) is 21.1 Å². The fourth-order valence-corrected chi connectivity index (χ4v) is 1.60. The topological polar surface area (TPSA) is 50.9 Å². The Morgan fingerprint density at radius 2 is 2.00 bits per heavy atom. The molecule has 0 saturated heterocycles.